The fraction of sp³-hybridized carbons (Fsp3) is 1.00. The van der Waals surface area contributed by atoms with E-state index in [1.54, 1.807) is 0 Å². The third kappa shape index (κ3) is 13.5. The highest BCUT2D eigenvalue weighted by molar-refractivity contribution is 4.72. The second-order valence-corrected chi connectivity index (χ2v) is 11.5. The molecule has 0 heterocycles. The van der Waals surface area contributed by atoms with Gasteiger partial charge in [0.1, 0.15) is 0 Å². The molecule has 0 aromatic rings. The lowest BCUT2D eigenvalue weighted by molar-refractivity contribution is 0.143. The van der Waals surface area contributed by atoms with E-state index in [-0.39, 0.29) is 0 Å². The lowest BCUT2D eigenvalue weighted by Gasteiger charge is -2.33. The summed E-state index contributed by atoms with van der Waals surface area (Å²) in [5.74, 6) is 0. The molecule has 0 radical (unpaired) electrons. The van der Waals surface area contributed by atoms with Crippen LogP contribution in [0, 0.1) is 0 Å². The molecule has 194 valence electrons. The van der Waals surface area contributed by atoms with E-state index >= 15 is 0 Å². The average molecular weight is 455 g/mol. The van der Waals surface area contributed by atoms with Crippen LogP contribution >= 0.6 is 0 Å². The van der Waals surface area contributed by atoms with E-state index in [4.69, 9.17) is 0 Å². The van der Waals surface area contributed by atoms with Crippen LogP contribution in [0.15, 0.2) is 0 Å². The molecule has 0 N–H and O–H groups in total. The van der Waals surface area contributed by atoms with Gasteiger partial charge < -0.3 is 9.80 Å². The van der Waals surface area contributed by atoms with Crippen LogP contribution < -0.4 is 0 Å². The zero-order valence-corrected chi connectivity index (χ0v) is 24.3. The minimum Gasteiger partial charge on any atom is -0.301 e. The standard InChI is InChI=1S/C28H62N4/c1-23(2)29(19-15-21-31(25(5)6)26(7)8)17-13-14-18-30(24(3)4)20-16-22-32(27(9)10)28(11)12/h23-28H,13-22H2,1-12H3. The summed E-state index contributed by atoms with van der Waals surface area (Å²) in [7, 11) is 0. The fourth-order valence-electron chi connectivity index (χ4n) is 5.02. The maximum Gasteiger partial charge on any atom is 0.00413 e. The van der Waals surface area contributed by atoms with Crippen LogP contribution in [-0.4, -0.2) is 95.1 Å². The second kappa shape index (κ2) is 17.3. The third-order valence-electron chi connectivity index (χ3n) is 6.98. The van der Waals surface area contributed by atoms with Gasteiger partial charge in [0.05, 0.1) is 0 Å². The van der Waals surface area contributed by atoms with Crippen molar-refractivity contribution >= 4 is 0 Å². The first kappa shape index (κ1) is 31.8. The summed E-state index contributed by atoms with van der Waals surface area (Å²) in [6, 6.07) is 3.83. The Bertz CT molecular complexity index is 375. The minimum atomic E-state index is 0.637. The predicted octanol–water partition coefficient (Wildman–Crippen LogP) is 6.21. The summed E-state index contributed by atoms with van der Waals surface area (Å²) in [5.41, 5.74) is 0. The van der Waals surface area contributed by atoms with E-state index in [0.717, 1.165) is 0 Å². The Morgan fingerprint density at radius 2 is 0.562 bits per heavy atom. The van der Waals surface area contributed by atoms with Crippen LogP contribution in [0.4, 0.5) is 0 Å². The van der Waals surface area contributed by atoms with E-state index < -0.39 is 0 Å². The van der Waals surface area contributed by atoms with E-state index in [1.165, 1.54) is 65.0 Å². The highest BCUT2D eigenvalue weighted by Gasteiger charge is 2.16. The van der Waals surface area contributed by atoms with Crippen LogP contribution in [0.3, 0.4) is 0 Å². The first-order valence-corrected chi connectivity index (χ1v) is 13.9. The SMILES string of the molecule is CC(C)N(CCCCN(CCCN(C(C)C)C(C)C)C(C)C)CCCN(C(C)C)C(C)C. The van der Waals surface area contributed by atoms with Gasteiger partial charge in [-0.05, 0) is 148 Å². The lowest BCUT2D eigenvalue weighted by Crippen LogP contribution is -2.41. The molecule has 0 spiro atoms. The van der Waals surface area contributed by atoms with Gasteiger partial charge in [0.25, 0.3) is 0 Å². The van der Waals surface area contributed by atoms with Crippen molar-refractivity contribution in [3.8, 4) is 0 Å². The van der Waals surface area contributed by atoms with Crippen LogP contribution in [0.1, 0.15) is 109 Å². The molecule has 0 atom stereocenters. The number of unbranched alkanes of at least 4 members (excludes halogenated alkanes) is 1. The van der Waals surface area contributed by atoms with Crippen molar-refractivity contribution in [2.75, 3.05) is 39.3 Å². The van der Waals surface area contributed by atoms with Gasteiger partial charge in [-0.3, -0.25) is 9.80 Å². The molecule has 0 unspecified atom stereocenters. The number of hydrogen-bond donors (Lipinski definition) is 0. The van der Waals surface area contributed by atoms with Gasteiger partial charge in [-0.2, -0.15) is 0 Å². The monoisotopic (exact) mass is 454 g/mol. The molecular formula is C28H62N4. The van der Waals surface area contributed by atoms with Gasteiger partial charge in [0, 0.05) is 36.3 Å². The normalized spacial score (nSPS) is 13.3. The molecule has 0 aromatic heterocycles. The highest BCUT2D eigenvalue weighted by Crippen LogP contribution is 2.11. The molecule has 0 bridgehead atoms. The number of rotatable bonds is 19. The zero-order valence-electron chi connectivity index (χ0n) is 24.3. The van der Waals surface area contributed by atoms with Gasteiger partial charge in [-0.25, -0.2) is 0 Å². The van der Waals surface area contributed by atoms with Crippen LogP contribution in [0.2, 0.25) is 0 Å². The van der Waals surface area contributed by atoms with Gasteiger partial charge in [0.15, 0.2) is 0 Å². The summed E-state index contributed by atoms with van der Waals surface area (Å²) in [6.45, 7) is 35.4. The Labute approximate surface area is 204 Å². The quantitative estimate of drug-likeness (QED) is 0.215. The number of nitrogens with zero attached hydrogens (tertiary/aromatic N) is 4. The maximum atomic E-state index is 2.70. The minimum absolute atomic E-state index is 0.637. The molecule has 0 saturated heterocycles. The molecule has 32 heavy (non-hydrogen) atoms. The molecule has 0 rings (SSSR count). The summed E-state index contributed by atoms with van der Waals surface area (Å²) in [4.78, 5) is 10.6. The van der Waals surface area contributed by atoms with Crippen LogP contribution in [-0.2, 0) is 0 Å². The molecule has 4 heteroatoms. The first-order chi connectivity index (χ1) is 14.9. The van der Waals surface area contributed by atoms with Crippen molar-refractivity contribution < 1.29 is 0 Å². The smallest absolute Gasteiger partial charge is 0.00413 e. The van der Waals surface area contributed by atoms with Crippen molar-refractivity contribution in [1.29, 1.82) is 0 Å². The summed E-state index contributed by atoms with van der Waals surface area (Å²) < 4.78 is 0. The Balaban J connectivity index is 4.38. The zero-order chi connectivity index (χ0) is 24.8. The van der Waals surface area contributed by atoms with Crippen molar-refractivity contribution in [3.63, 3.8) is 0 Å². The van der Waals surface area contributed by atoms with Gasteiger partial charge in [0.2, 0.25) is 0 Å². The predicted molar refractivity (Wildman–Crippen MR) is 146 cm³/mol. The largest absolute Gasteiger partial charge is 0.301 e. The Morgan fingerprint density at radius 3 is 0.781 bits per heavy atom. The second-order valence-electron chi connectivity index (χ2n) is 11.5. The van der Waals surface area contributed by atoms with Crippen molar-refractivity contribution in [2.45, 2.75) is 145 Å². The Morgan fingerprint density at radius 1 is 0.312 bits per heavy atom. The van der Waals surface area contributed by atoms with E-state index in [9.17, 15) is 0 Å². The van der Waals surface area contributed by atoms with E-state index in [0.29, 0.717) is 36.3 Å². The maximum absolute atomic E-state index is 2.70. The Hall–Kier alpha value is -0.160. The third-order valence-corrected chi connectivity index (χ3v) is 6.98. The molecule has 0 aromatic carbocycles. The molecule has 0 aliphatic heterocycles. The molecule has 0 saturated carbocycles. The van der Waals surface area contributed by atoms with Crippen LogP contribution in [0.25, 0.3) is 0 Å². The average Bonchev–Trinajstić information content (AvgIpc) is 2.66. The molecular weight excluding hydrogens is 392 g/mol. The molecule has 0 aliphatic carbocycles. The molecule has 0 aliphatic rings. The highest BCUT2D eigenvalue weighted by atomic mass is 15.2. The summed E-state index contributed by atoms with van der Waals surface area (Å²) in [5, 5.41) is 0. The topological polar surface area (TPSA) is 13.0 Å². The first-order valence-electron chi connectivity index (χ1n) is 13.9. The van der Waals surface area contributed by atoms with Gasteiger partial charge in [-0.15, -0.1) is 0 Å². The number of hydrogen-bond acceptors (Lipinski definition) is 4. The fourth-order valence-corrected chi connectivity index (χ4v) is 5.02. The van der Waals surface area contributed by atoms with Gasteiger partial charge >= 0.3 is 0 Å². The van der Waals surface area contributed by atoms with Gasteiger partial charge in [-0.1, -0.05) is 0 Å². The van der Waals surface area contributed by atoms with E-state index in [1.807, 2.05) is 0 Å². The van der Waals surface area contributed by atoms with Crippen molar-refractivity contribution in [3.05, 3.63) is 0 Å². The lowest BCUT2D eigenvalue weighted by atomic mass is 10.1. The molecule has 0 amide bonds. The molecule has 0 fully saturated rings. The molecule has 4 nitrogen and oxygen atoms in total. The Kier molecular flexibility index (Phi) is 17.2. The van der Waals surface area contributed by atoms with Crippen molar-refractivity contribution in [1.82, 2.24) is 19.6 Å². The van der Waals surface area contributed by atoms with E-state index in [2.05, 4.69) is 103 Å². The summed E-state index contributed by atoms with van der Waals surface area (Å²) >= 11 is 0. The van der Waals surface area contributed by atoms with Crippen LogP contribution in [0.5, 0.6) is 0 Å². The summed E-state index contributed by atoms with van der Waals surface area (Å²) in [6.07, 6.45) is 5.16. The van der Waals surface area contributed by atoms with Crippen molar-refractivity contribution in [2.24, 2.45) is 0 Å².